The molecule has 0 saturated heterocycles. The topological polar surface area (TPSA) is 12.0 Å². The maximum absolute atomic E-state index is 13.3. The van der Waals surface area contributed by atoms with Crippen LogP contribution in [0.2, 0.25) is 0 Å². The summed E-state index contributed by atoms with van der Waals surface area (Å²) >= 11 is 0. The third-order valence-corrected chi connectivity index (χ3v) is 3.26. The number of rotatable bonds is 2. The first-order chi connectivity index (χ1) is 8.05. The van der Waals surface area contributed by atoms with Crippen LogP contribution in [0.4, 0.5) is 8.78 Å². The highest BCUT2D eigenvalue weighted by molar-refractivity contribution is 5.30. The normalized spacial score (nSPS) is 32.9. The summed E-state index contributed by atoms with van der Waals surface area (Å²) in [6.45, 7) is 1.76. The molecule has 1 saturated carbocycles. The number of nitrogens with one attached hydrogen (secondary N) is 1. The standard InChI is InChI=1S/C14H19F2N/c1-11-9-13(17-12-5-2-3-6-12)7-4-8-14(15,16)10-11/h4,7-9,12,17H,2-3,5-6,10H2,1H3/b8-4-,11-9+,13-7+. The third kappa shape index (κ3) is 3.69. The number of allylic oxidation sites excluding steroid dienone is 5. The molecule has 0 bridgehead atoms. The summed E-state index contributed by atoms with van der Waals surface area (Å²) in [5.74, 6) is -2.71. The van der Waals surface area contributed by atoms with Crippen molar-refractivity contribution in [1.29, 1.82) is 0 Å². The minimum Gasteiger partial charge on any atom is -0.382 e. The van der Waals surface area contributed by atoms with Crippen molar-refractivity contribution in [3.05, 3.63) is 35.6 Å². The predicted octanol–water partition coefficient (Wildman–Crippen LogP) is 3.94. The van der Waals surface area contributed by atoms with Crippen LogP contribution >= 0.6 is 0 Å². The van der Waals surface area contributed by atoms with Crippen molar-refractivity contribution in [2.45, 2.75) is 51.0 Å². The Morgan fingerprint density at radius 1 is 1.29 bits per heavy atom. The van der Waals surface area contributed by atoms with Gasteiger partial charge >= 0.3 is 0 Å². The minimum absolute atomic E-state index is 0.187. The summed E-state index contributed by atoms with van der Waals surface area (Å²) in [6, 6.07) is 0.513. The van der Waals surface area contributed by atoms with Gasteiger partial charge in [-0.1, -0.05) is 24.5 Å². The van der Waals surface area contributed by atoms with E-state index in [9.17, 15) is 8.78 Å². The fourth-order valence-electron chi connectivity index (χ4n) is 2.48. The summed E-state index contributed by atoms with van der Waals surface area (Å²) in [6.07, 6.45) is 10.7. The molecule has 0 aromatic carbocycles. The number of hydrogen-bond acceptors (Lipinski definition) is 1. The fourth-order valence-corrected chi connectivity index (χ4v) is 2.48. The molecule has 1 fully saturated rings. The molecule has 0 aromatic rings. The molecule has 0 heterocycles. The van der Waals surface area contributed by atoms with E-state index in [1.54, 1.807) is 13.0 Å². The van der Waals surface area contributed by atoms with Gasteiger partial charge < -0.3 is 5.32 Å². The highest BCUT2D eigenvalue weighted by atomic mass is 19.3. The molecule has 0 aliphatic heterocycles. The summed E-state index contributed by atoms with van der Waals surface area (Å²) in [7, 11) is 0. The SMILES string of the molecule is C\C1=C/C(NC2CCCC2)=C\C=C/C(F)(F)C1. The Kier molecular flexibility index (Phi) is 3.65. The van der Waals surface area contributed by atoms with Crippen LogP contribution in [0.25, 0.3) is 0 Å². The van der Waals surface area contributed by atoms with E-state index in [1.807, 2.05) is 6.08 Å². The molecule has 0 unspecified atom stereocenters. The zero-order valence-electron chi connectivity index (χ0n) is 10.2. The molecule has 3 heteroatoms. The highest BCUT2D eigenvalue weighted by Gasteiger charge is 2.26. The van der Waals surface area contributed by atoms with Crippen LogP contribution in [0, 0.1) is 0 Å². The number of hydrogen-bond donors (Lipinski definition) is 1. The van der Waals surface area contributed by atoms with Gasteiger partial charge in [-0.25, -0.2) is 8.78 Å². The Morgan fingerprint density at radius 3 is 2.71 bits per heavy atom. The van der Waals surface area contributed by atoms with Gasteiger partial charge in [0.25, 0.3) is 5.92 Å². The molecule has 0 amide bonds. The van der Waals surface area contributed by atoms with E-state index < -0.39 is 5.92 Å². The number of halogens is 2. The first kappa shape index (κ1) is 12.3. The lowest BCUT2D eigenvalue weighted by molar-refractivity contribution is 0.0557. The van der Waals surface area contributed by atoms with Crippen molar-refractivity contribution in [2.75, 3.05) is 0 Å². The largest absolute Gasteiger partial charge is 0.382 e. The summed E-state index contributed by atoms with van der Waals surface area (Å²) in [4.78, 5) is 0. The Labute approximate surface area is 101 Å². The van der Waals surface area contributed by atoms with Crippen molar-refractivity contribution < 1.29 is 8.78 Å². The molecule has 17 heavy (non-hydrogen) atoms. The predicted molar refractivity (Wildman–Crippen MR) is 65.9 cm³/mol. The van der Waals surface area contributed by atoms with Gasteiger partial charge in [0.05, 0.1) is 0 Å². The van der Waals surface area contributed by atoms with E-state index in [1.165, 1.54) is 31.8 Å². The van der Waals surface area contributed by atoms with Crippen LogP contribution in [0.15, 0.2) is 35.6 Å². The lowest BCUT2D eigenvalue weighted by atomic mass is 10.0. The smallest absolute Gasteiger partial charge is 0.270 e. The summed E-state index contributed by atoms with van der Waals surface area (Å²) < 4.78 is 26.5. The van der Waals surface area contributed by atoms with Crippen molar-refractivity contribution in [2.24, 2.45) is 0 Å². The lowest BCUT2D eigenvalue weighted by Gasteiger charge is -2.18. The molecular formula is C14H19F2N. The van der Waals surface area contributed by atoms with Crippen LogP contribution in [-0.2, 0) is 0 Å². The molecule has 0 atom stereocenters. The second-order valence-electron chi connectivity index (χ2n) is 5.04. The van der Waals surface area contributed by atoms with E-state index in [0.717, 1.165) is 17.3 Å². The Morgan fingerprint density at radius 2 is 2.00 bits per heavy atom. The Bertz CT molecular complexity index is 360. The lowest BCUT2D eigenvalue weighted by Crippen LogP contribution is -2.25. The number of alkyl halides is 2. The second kappa shape index (κ2) is 5.03. The van der Waals surface area contributed by atoms with Gasteiger partial charge in [0.15, 0.2) is 0 Å². The molecule has 0 aromatic heterocycles. The molecule has 2 aliphatic carbocycles. The maximum atomic E-state index is 13.3. The van der Waals surface area contributed by atoms with Gasteiger partial charge in [-0.2, -0.15) is 0 Å². The highest BCUT2D eigenvalue weighted by Crippen LogP contribution is 2.27. The van der Waals surface area contributed by atoms with E-state index in [0.29, 0.717) is 6.04 Å². The van der Waals surface area contributed by atoms with E-state index >= 15 is 0 Å². The zero-order valence-corrected chi connectivity index (χ0v) is 10.2. The average molecular weight is 239 g/mol. The van der Waals surface area contributed by atoms with E-state index in [2.05, 4.69) is 5.32 Å². The van der Waals surface area contributed by atoms with Crippen LogP contribution in [0.1, 0.15) is 39.0 Å². The van der Waals surface area contributed by atoms with E-state index in [-0.39, 0.29) is 6.42 Å². The molecule has 0 spiro atoms. The Balaban J connectivity index is 2.08. The van der Waals surface area contributed by atoms with Crippen LogP contribution in [0.5, 0.6) is 0 Å². The van der Waals surface area contributed by atoms with Crippen LogP contribution in [-0.4, -0.2) is 12.0 Å². The zero-order chi connectivity index (χ0) is 12.3. The van der Waals surface area contributed by atoms with Crippen LogP contribution < -0.4 is 5.32 Å². The molecule has 2 aliphatic rings. The molecular weight excluding hydrogens is 220 g/mol. The van der Waals surface area contributed by atoms with Crippen molar-refractivity contribution in [1.82, 2.24) is 5.32 Å². The molecule has 1 nitrogen and oxygen atoms in total. The third-order valence-electron chi connectivity index (χ3n) is 3.26. The quantitative estimate of drug-likeness (QED) is 0.769. The maximum Gasteiger partial charge on any atom is 0.270 e. The molecule has 0 radical (unpaired) electrons. The van der Waals surface area contributed by atoms with Crippen molar-refractivity contribution >= 4 is 0 Å². The van der Waals surface area contributed by atoms with Gasteiger partial charge in [-0.15, -0.1) is 0 Å². The first-order valence-electron chi connectivity index (χ1n) is 6.26. The molecule has 94 valence electrons. The monoisotopic (exact) mass is 239 g/mol. The first-order valence-corrected chi connectivity index (χ1v) is 6.26. The van der Waals surface area contributed by atoms with Gasteiger partial charge in [0.1, 0.15) is 0 Å². The average Bonchev–Trinajstić information content (AvgIpc) is 2.66. The van der Waals surface area contributed by atoms with Gasteiger partial charge in [0.2, 0.25) is 0 Å². The molecule has 2 rings (SSSR count). The molecule has 1 N–H and O–H groups in total. The minimum atomic E-state index is -2.71. The Hall–Kier alpha value is -1.12. The van der Waals surface area contributed by atoms with Gasteiger partial charge in [-0.3, -0.25) is 0 Å². The summed E-state index contributed by atoms with van der Waals surface area (Å²) in [5.41, 5.74) is 1.68. The second-order valence-corrected chi connectivity index (χ2v) is 5.04. The van der Waals surface area contributed by atoms with Crippen molar-refractivity contribution in [3.63, 3.8) is 0 Å². The van der Waals surface area contributed by atoms with Gasteiger partial charge in [-0.05, 0) is 38.0 Å². The van der Waals surface area contributed by atoms with Gasteiger partial charge in [0, 0.05) is 18.2 Å². The van der Waals surface area contributed by atoms with Crippen molar-refractivity contribution in [3.8, 4) is 0 Å². The van der Waals surface area contributed by atoms with E-state index in [4.69, 9.17) is 0 Å². The summed E-state index contributed by atoms with van der Waals surface area (Å²) in [5, 5.41) is 3.43. The fraction of sp³-hybridized carbons (Fsp3) is 0.571. The van der Waals surface area contributed by atoms with Crippen LogP contribution in [0.3, 0.4) is 0 Å².